The number of nitrogens with one attached hydrogen (secondary N) is 1. The van der Waals surface area contributed by atoms with E-state index in [9.17, 15) is 9.59 Å². The molecular weight excluding hydrogens is 354 g/mol. The number of amides is 2. The van der Waals surface area contributed by atoms with E-state index in [0.29, 0.717) is 31.8 Å². The number of rotatable bonds is 7. The van der Waals surface area contributed by atoms with Gasteiger partial charge in [-0.2, -0.15) is 0 Å². The molecule has 0 aromatic heterocycles. The molecule has 2 amide bonds. The van der Waals surface area contributed by atoms with Gasteiger partial charge in [-0.3, -0.25) is 9.59 Å². The van der Waals surface area contributed by atoms with Crippen LogP contribution >= 0.6 is 0 Å². The summed E-state index contributed by atoms with van der Waals surface area (Å²) in [6, 6.07) is 16.8. The van der Waals surface area contributed by atoms with Crippen LogP contribution in [0.2, 0.25) is 0 Å². The minimum atomic E-state index is -0.157. The Hall–Kier alpha value is -2.86. The zero-order valence-corrected chi connectivity index (χ0v) is 16.3. The quantitative estimate of drug-likeness (QED) is 0.798. The van der Waals surface area contributed by atoms with Crippen LogP contribution in [0.5, 0.6) is 5.75 Å². The lowest BCUT2D eigenvalue weighted by atomic mass is 10.1. The van der Waals surface area contributed by atoms with Crippen molar-refractivity contribution < 1.29 is 14.3 Å². The van der Waals surface area contributed by atoms with Crippen LogP contribution in [0, 0.1) is 0 Å². The minimum absolute atomic E-state index is 0.0169. The average Bonchev–Trinajstić information content (AvgIpc) is 2.75. The molecule has 2 aromatic carbocycles. The first kappa shape index (κ1) is 19.9. The molecular formula is C22H27N3O3. The smallest absolute Gasteiger partial charge is 0.254 e. The molecule has 0 spiro atoms. The highest BCUT2D eigenvalue weighted by atomic mass is 16.5. The third-order valence-electron chi connectivity index (χ3n) is 4.71. The van der Waals surface area contributed by atoms with Crippen molar-refractivity contribution in [1.82, 2.24) is 15.1 Å². The van der Waals surface area contributed by atoms with Gasteiger partial charge < -0.3 is 19.9 Å². The molecule has 148 valence electrons. The van der Waals surface area contributed by atoms with E-state index in [4.69, 9.17) is 4.74 Å². The average molecular weight is 381 g/mol. The van der Waals surface area contributed by atoms with E-state index in [1.807, 2.05) is 42.2 Å². The normalized spacial score (nSPS) is 13.8. The maximum atomic E-state index is 13.1. The fourth-order valence-electron chi connectivity index (χ4n) is 3.22. The van der Waals surface area contributed by atoms with Crippen molar-refractivity contribution in [3.63, 3.8) is 0 Å². The van der Waals surface area contributed by atoms with Crippen LogP contribution in [0.1, 0.15) is 22.8 Å². The van der Waals surface area contributed by atoms with Gasteiger partial charge in [0.1, 0.15) is 12.3 Å². The first-order chi connectivity index (χ1) is 13.7. The zero-order valence-electron chi connectivity index (χ0n) is 16.3. The minimum Gasteiger partial charge on any atom is -0.494 e. The highest BCUT2D eigenvalue weighted by Gasteiger charge is 2.23. The molecule has 0 radical (unpaired) electrons. The molecule has 0 bridgehead atoms. The number of hydrogen-bond acceptors (Lipinski definition) is 4. The number of ether oxygens (including phenoxy) is 1. The van der Waals surface area contributed by atoms with Crippen molar-refractivity contribution in [2.24, 2.45) is 0 Å². The van der Waals surface area contributed by atoms with Gasteiger partial charge in [-0.05, 0) is 36.8 Å². The third-order valence-corrected chi connectivity index (χ3v) is 4.71. The number of benzene rings is 2. The largest absolute Gasteiger partial charge is 0.494 e. The number of hydrogen-bond donors (Lipinski definition) is 1. The van der Waals surface area contributed by atoms with Crippen LogP contribution < -0.4 is 10.1 Å². The second-order valence-electron chi connectivity index (χ2n) is 6.73. The summed E-state index contributed by atoms with van der Waals surface area (Å²) in [5.74, 6) is 0.553. The fourth-order valence-corrected chi connectivity index (χ4v) is 3.22. The van der Waals surface area contributed by atoms with E-state index in [0.717, 1.165) is 24.4 Å². The highest BCUT2D eigenvalue weighted by molar-refractivity contribution is 5.96. The van der Waals surface area contributed by atoms with Gasteiger partial charge in [-0.1, -0.05) is 30.3 Å². The summed E-state index contributed by atoms with van der Waals surface area (Å²) in [6.07, 6.45) is 0. The van der Waals surface area contributed by atoms with Crippen molar-refractivity contribution in [3.8, 4) is 5.75 Å². The molecule has 1 aliphatic heterocycles. The molecule has 0 aliphatic carbocycles. The topological polar surface area (TPSA) is 61.9 Å². The molecule has 2 aromatic rings. The molecule has 0 saturated carbocycles. The van der Waals surface area contributed by atoms with E-state index in [-0.39, 0.29) is 18.4 Å². The lowest BCUT2D eigenvalue weighted by Gasteiger charge is -2.30. The van der Waals surface area contributed by atoms with Gasteiger partial charge >= 0.3 is 0 Å². The van der Waals surface area contributed by atoms with Crippen LogP contribution in [-0.4, -0.2) is 60.9 Å². The second kappa shape index (κ2) is 9.90. The van der Waals surface area contributed by atoms with Crippen molar-refractivity contribution in [2.75, 3.05) is 39.3 Å². The molecule has 3 rings (SSSR count). The number of piperazine rings is 1. The Morgan fingerprint density at radius 1 is 1.04 bits per heavy atom. The standard InChI is InChI=1S/C22H27N3O3/c1-2-28-20-10-8-19(9-11-20)22(27)25(16-18-6-4-3-5-7-18)17-21(26)24-14-12-23-13-15-24/h3-11,23H,2,12-17H2,1H3. The third kappa shape index (κ3) is 5.33. The molecule has 28 heavy (non-hydrogen) atoms. The summed E-state index contributed by atoms with van der Waals surface area (Å²) in [4.78, 5) is 29.3. The van der Waals surface area contributed by atoms with Gasteiger partial charge in [0.15, 0.2) is 0 Å². The summed E-state index contributed by atoms with van der Waals surface area (Å²) in [7, 11) is 0. The number of nitrogens with zero attached hydrogens (tertiary/aromatic N) is 2. The second-order valence-corrected chi connectivity index (χ2v) is 6.73. The van der Waals surface area contributed by atoms with Crippen molar-refractivity contribution in [1.29, 1.82) is 0 Å². The van der Waals surface area contributed by atoms with Crippen LogP contribution in [0.3, 0.4) is 0 Å². The van der Waals surface area contributed by atoms with Gasteiger partial charge in [-0.25, -0.2) is 0 Å². The molecule has 6 nitrogen and oxygen atoms in total. The lowest BCUT2D eigenvalue weighted by Crippen LogP contribution is -2.50. The summed E-state index contributed by atoms with van der Waals surface area (Å²) >= 11 is 0. The summed E-state index contributed by atoms with van der Waals surface area (Å²) < 4.78 is 5.45. The van der Waals surface area contributed by atoms with Crippen LogP contribution in [-0.2, 0) is 11.3 Å². The highest BCUT2D eigenvalue weighted by Crippen LogP contribution is 2.16. The molecule has 6 heteroatoms. The molecule has 0 unspecified atom stereocenters. The predicted molar refractivity (Wildman–Crippen MR) is 108 cm³/mol. The zero-order chi connectivity index (χ0) is 19.8. The van der Waals surface area contributed by atoms with Crippen LogP contribution in [0.4, 0.5) is 0 Å². The number of carbonyl (C=O) groups is 2. The van der Waals surface area contributed by atoms with Gasteiger partial charge in [0.25, 0.3) is 5.91 Å². The Balaban J connectivity index is 1.76. The van der Waals surface area contributed by atoms with Crippen LogP contribution in [0.15, 0.2) is 54.6 Å². The summed E-state index contributed by atoms with van der Waals surface area (Å²) in [5, 5.41) is 3.24. The van der Waals surface area contributed by atoms with Gasteiger partial charge in [0.2, 0.25) is 5.91 Å². The molecule has 1 saturated heterocycles. The first-order valence-electron chi connectivity index (χ1n) is 9.72. The van der Waals surface area contributed by atoms with E-state index in [1.165, 1.54) is 0 Å². The van der Waals surface area contributed by atoms with Gasteiger partial charge in [0, 0.05) is 38.3 Å². The van der Waals surface area contributed by atoms with E-state index in [1.54, 1.807) is 29.2 Å². The predicted octanol–water partition coefficient (Wildman–Crippen LogP) is 2.16. The van der Waals surface area contributed by atoms with Crippen molar-refractivity contribution >= 4 is 11.8 Å². The van der Waals surface area contributed by atoms with Crippen molar-refractivity contribution in [3.05, 3.63) is 65.7 Å². The Morgan fingerprint density at radius 3 is 2.36 bits per heavy atom. The van der Waals surface area contributed by atoms with Gasteiger partial charge in [0.05, 0.1) is 6.61 Å². The fraction of sp³-hybridized carbons (Fsp3) is 0.364. The molecule has 1 aliphatic rings. The van der Waals surface area contributed by atoms with E-state index in [2.05, 4.69) is 5.32 Å². The maximum absolute atomic E-state index is 13.1. The Labute approximate surface area is 166 Å². The molecule has 0 atom stereocenters. The van der Waals surface area contributed by atoms with Crippen LogP contribution in [0.25, 0.3) is 0 Å². The summed E-state index contributed by atoms with van der Waals surface area (Å²) in [5.41, 5.74) is 1.54. The Kier molecular flexibility index (Phi) is 7.03. The lowest BCUT2D eigenvalue weighted by molar-refractivity contribution is -0.132. The SMILES string of the molecule is CCOc1ccc(C(=O)N(CC(=O)N2CCNCC2)Cc2ccccc2)cc1. The van der Waals surface area contributed by atoms with E-state index >= 15 is 0 Å². The number of carbonyl (C=O) groups excluding carboxylic acids is 2. The molecule has 1 fully saturated rings. The molecule has 1 heterocycles. The monoisotopic (exact) mass is 381 g/mol. The summed E-state index contributed by atoms with van der Waals surface area (Å²) in [6.45, 7) is 5.89. The maximum Gasteiger partial charge on any atom is 0.254 e. The van der Waals surface area contributed by atoms with Gasteiger partial charge in [-0.15, -0.1) is 0 Å². The Morgan fingerprint density at radius 2 is 1.71 bits per heavy atom. The molecule has 1 N–H and O–H groups in total. The first-order valence-corrected chi connectivity index (χ1v) is 9.72. The Bertz CT molecular complexity index is 771. The van der Waals surface area contributed by atoms with Crippen molar-refractivity contribution in [2.45, 2.75) is 13.5 Å². The van der Waals surface area contributed by atoms with E-state index < -0.39 is 0 Å².